The molecule has 0 radical (unpaired) electrons. The molecule has 9 nitrogen and oxygen atoms in total. The summed E-state index contributed by atoms with van der Waals surface area (Å²) in [4.78, 5) is 40.0. The summed E-state index contributed by atoms with van der Waals surface area (Å²) in [6.45, 7) is 3.55. The monoisotopic (exact) mass is 426 g/mol. The van der Waals surface area contributed by atoms with Gasteiger partial charge in [-0.3, -0.25) is 14.5 Å². The first kappa shape index (κ1) is 20.9. The Labute approximate surface area is 180 Å². The fraction of sp³-hybridized carbons (Fsp3) is 0.455. The highest BCUT2D eigenvalue weighted by Crippen LogP contribution is 2.34. The predicted molar refractivity (Wildman–Crippen MR) is 111 cm³/mol. The zero-order chi connectivity index (χ0) is 22.0. The van der Waals surface area contributed by atoms with Crippen molar-refractivity contribution in [3.05, 3.63) is 48.3 Å². The minimum Gasteiger partial charge on any atom is -0.467 e. The topological polar surface area (TPSA) is 108 Å². The molecule has 4 heterocycles. The van der Waals surface area contributed by atoms with Crippen molar-refractivity contribution in [3.63, 3.8) is 0 Å². The van der Waals surface area contributed by atoms with E-state index in [2.05, 4.69) is 10.4 Å². The quantitative estimate of drug-likeness (QED) is 0.651. The molecule has 2 aliphatic heterocycles. The number of urea groups is 1. The lowest BCUT2D eigenvalue weighted by Crippen LogP contribution is -2.47. The summed E-state index contributed by atoms with van der Waals surface area (Å²) in [5.41, 5.74) is -0.335. The normalized spacial score (nSPS) is 20.3. The highest BCUT2D eigenvalue weighted by molar-refractivity contribution is 6.09. The number of rotatable bonds is 8. The first-order chi connectivity index (χ1) is 15.0. The van der Waals surface area contributed by atoms with Crippen molar-refractivity contribution in [2.75, 3.05) is 6.54 Å². The van der Waals surface area contributed by atoms with Crippen molar-refractivity contribution in [3.8, 4) is 0 Å². The Hall–Kier alpha value is -3.36. The molecule has 0 bridgehead atoms. The maximum Gasteiger partial charge on any atom is 0.325 e. The Morgan fingerprint density at radius 2 is 1.87 bits per heavy atom. The largest absolute Gasteiger partial charge is 0.467 e. The van der Waals surface area contributed by atoms with Crippen molar-refractivity contribution in [2.24, 2.45) is 5.10 Å². The molecule has 1 saturated heterocycles. The van der Waals surface area contributed by atoms with Crippen molar-refractivity contribution in [2.45, 2.75) is 57.5 Å². The van der Waals surface area contributed by atoms with E-state index >= 15 is 0 Å². The highest BCUT2D eigenvalue weighted by atomic mass is 16.3. The van der Waals surface area contributed by atoms with Crippen molar-refractivity contribution >= 4 is 23.6 Å². The standard InChI is InChI=1S/C22H26N4O5/c1-3-9-22(10-4-2)20(28)25(21(29)23-22)14-19(27)26-16(18-8-6-12-31-18)13-15(24-26)17-7-5-11-30-17/h5-8,11-12,16H,3-4,9-10,13-14H2,1-2H3,(H,23,29). The van der Waals surface area contributed by atoms with Crippen LogP contribution < -0.4 is 5.32 Å². The van der Waals surface area contributed by atoms with Crippen LogP contribution >= 0.6 is 0 Å². The molecule has 0 aliphatic carbocycles. The van der Waals surface area contributed by atoms with Gasteiger partial charge < -0.3 is 14.2 Å². The van der Waals surface area contributed by atoms with Crippen LogP contribution in [-0.4, -0.2) is 45.5 Å². The van der Waals surface area contributed by atoms with Gasteiger partial charge in [-0.25, -0.2) is 9.80 Å². The molecule has 0 spiro atoms. The van der Waals surface area contributed by atoms with Crippen LogP contribution in [-0.2, 0) is 9.59 Å². The molecule has 2 aromatic rings. The molecule has 1 atom stereocenters. The van der Waals surface area contributed by atoms with Crippen LogP contribution in [0.25, 0.3) is 0 Å². The van der Waals surface area contributed by atoms with Crippen molar-refractivity contribution < 1.29 is 23.2 Å². The van der Waals surface area contributed by atoms with E-state index < -0.39 is 23.5 Å². The molecule has 31 heavy (non-hydrogen) atoms. The number of carbonyl (C=O) groups is 3. The average Bonchev–Trinajstić information content (AvgIpc) is 3.52. The molecule has 2 aliphatic rings. The van der Waals surface area contributed by atoms with E-state index in [0.717, 1.165) is 17.7 Å². The number of imide groups is 1. The molecule has 4 amide bonds. The van der Waals surface area contributed by atoms with E-state index in [0.29, 0.717) is 36.5 Å². The third-order valence-corrected chi connectivity index (χ3v) is 5.74. The van der Waals surface area contributed by atoms with Crippen LogP contribution in [0, 0.1) is 0 Å². The number of carbonyl (C=O) groups excluding carboxylic acids is 3. The summed E-state index contributed by atoms with van der Waals surface area (Å²) < 4.78 is 10.9. The summed E-state index contributed by atoms with van der Waals surface area (Å²) in [7, 11) is 0. The fourth-order valence-electron chi connectivity index (χ4n) is 4.38. The van der Waals surface area contributed by atoms with Crippen molar-refractivity contribution in [1.29, 1.82) is 0 Å². The summed E-state index contributed by atoms with van der Waals surface area (Å²) in [5, 5.41) is 8.57. The van der Waals surface area contributed by atoms with Gasteiger partial charge in [0.05, 0.1) is 12.5 Å². The van der Waals surface area contributed by atoms with E-state index in [1.165, 1.54) is 11.3 Å². The van der Waals surface area contributed by atoms with Gasteiger partial charge in [-0.05, 0) is 37.1 Å². The fourth-order valence-corrected chi connectivity index (χ4v) is 4.38. The third-order valence-electron chi connectivity index (χ3n) is 5.74. The zero-order valence-electron chi connectivity index (χ0n) is 17.7. The SMILES string of the molecule is CCCC1(CCC)NC(=O)N(CC(=O)N2N=C(c3ccco3)CC2c2ccco2)C1=O. The van der Waals surface area contributed by atoms with Gasteiger partial charge in [0.2, 0.25) is 0 Å². The minimum absolute atomic E-state index is 0.349. The molecule has 1 fully saturated rings. The zero-order valence-corrected chi connectivity index (χ0v) is 17.7. The molecule has 0 saturated carbocycles. The van der Waals surface area contributed by atoms with Gasteiger partial charge in [0, 0.05) is 6.42 Å². The second kappa shape index (κ2) is 8.41. The molecule has 1 unspecified atom stereocenters. The van der Waals surface area contributed by atoms with Gasteiger partial charge in [0.15, 0.2) is 0 Å². The van der Waals surface area contributed by atoms with E-state index in [1.807, 2.05) is 13.8 Å². The summed E-state index contributed by atoms with van der Waals surface area (Å²) >= 11 is 0. The molecule has 9 heteroatoms. The van der Waals surface area contributed by atoms with E-state index in [4.69, 9.17) is 8.83 Å². The Bertz CT molecular complexity index is 974. The lowest BCUT2D eigenvalue weighted by Gasteiger charge is -2.26. The molecule has 4 rings (SSSR count). The van der Waals surface area contributed by atoms with E-state index in [-0.39, 0.29) is 12.5 Å². The third kappa shape index (κ3) is 3.75. The number of nitrogens with zero attached hydrogens (tertiary/aromatic N) is 3. The lowest BCUT2D eigenvalue weighted by atomic mass is 9.88. The van der Waals surface area contributed by atoms with Crippen LogP contribution in [0.1, 0.15) is 63.5 Å². The summed E-state index contributed by atoms with van der Waals surface area (Å²) in [6.07, 6.45) is 6.05. The van der Waals surface area contributed by atoms with Crippen LogP contribution in [0.5, 0.6) is 0 Å². The van der Waals surface area contributed by atoms with Gasteiger partial charge >= 0.3 is 6.03 Å². The average molecular weight is 426 g/mol. The minimum atomic E-state index is -0.936. The lowest BCUT2D eigenvalue weighted by molar-refractivity contribution is -0.140. The molecular weight excluding hydrogens is 400 g/mol. The second-order valence-electron chi connectivity index (χ2n) is 7.90. The van der Waals surface area contributed by atoms with Crippen LogP contribution in [0.2, 0.25) is 0 Å². The number of hydrogen-bond acceptors (Lipinski definition) is 6. The van der Waals surface area contributed by atoms with Gasteiger partial charge in [0.25, 0.3) is 11.8 Å². The van der Waals surface area contributed by atoms with Gasteiger partial charge in [-0.15, -0.1) is 0 Å². The number of nitrogens with one attached hydrogen (secondary N) is 1. The Morgan fingerprint density at radius 3 is 2.48 bits per heavy atom. The summed E-state index contributed by atoms with van der Waals surface area (Å²) in [6, 6.07) is 6.02. The first-order valence-corrected chi connectivity index (χ1v) is 10.6. The Morgan fingerprint density at radius 1 is 1.16 bits per heavy atom. The van der Waals surface area contributed by atoms with E-state index in [1.54, 1.807) is 30.5 Å². The second-order valence-corrected chi connectivity index (χ2v) is 7.90. The molecule has 1 N–H and O–H groups in total. The van der Waals surface area contributed by atoms with Crippen LogP contribution in [0.3, 0.4) is 0 Å². The number of amides is 4. The molecule has 2 aromatic heterocycles. The number of hydrogen-bond donors (Lipinski definition) is 1. The van der Waals surface area contributed by atoms with Crippen LogP contribution in [0.4, 0.5) is 4.79 Å². The van der Waals surface area contributed by atoms with Gasteiger partial charge in [-0.1, -0.05) is 26.7 Å². The maximum atomic E-state index is 13.2. The van der Waals surface area contributed by atoms with Gasteiger partial charge in [0.1, 0.15) is 35.4 Å². The summed E-state index contributed by atoms with van der Waals surface area (Å²) in [5.74, 6) is 0.322. The smallest absolute Gasteiger partial charge is 0.325 e. The molecule has 164 valence electrons. The van der Waals surface area contributed by atoms with Crippen molar-refractivity contribution in [1.82, 2.24) is 15.2 Å². The van der Waals surface area contributed by atoms with Gasteiger partial charge in [-0.2, -0.15) is 5.10 Å². The van der Waals surface area contributed by atoms with E-state index in [9.17, 15) is 14.4 Å². The Balaban J connectivity index is 1.57. The van der Waals surface area contributed by atoms with Crippen LogP contribution in [0.15, 0.2) is 50.7 Å². The molecule has 0 aromatic carbocycles. The number of furan rings is 2. The number of hydrazone groups is 1. The maximum absolute atomic E-state index is 13.2. The first-order valence-electron chi connectivity index (χ1n) is 10.6. The Kier molecular flexibility index (Phi) is 5.67. The predicted octanol–water partition coefficient (Wildman–Crippen LogP) is 3.44. The highest BCUT2D eigenvalue weighted by Gasteiger charge is 2.51. The molecular formula is C22H26N4O5.